The molecule has 0 bridgehead atoms. The molecule has 1 atom stereocenters. The van der Waals surface area contributed by atoms with Crippen molar-refractivity contribution < 1.29 is 14.7 Å². The van der Waals surface area contributed by atoms with Crippen LogP contribution in [0.5, 0.6) is 0 Å². The number of carbonyl (C=O) groups excluding carboxylic acids is 1. The molecule has 7 nitrogen and oxygen atoms in total. The van der Waals surface area contributed by atoms with E-state index in [2.05, 4.69) is 29.4 Å². The topological polar surface area (TPSA) is 128 Å². The van der Waals surface area contributed by atoms with Gasteiger partial charge in [0.05, 0.1) is 0 Å². The van der Waals surface area contributed by atoms with Crippen molar-refractivity contribution >= 4 is 17.8 Å². The molecule has 0 saturated heterocycles. The van der Waals surface area contributed by atoms with Crippen molar-refractivity contribution in [3.05, 3.63) is 0 Å². The van der Waals surface area contributed by atoms with E-state index in [9.17, 15) is 14.7 Å². The van der Waals surface area contributed by atoms with Crippen LogP contribution in [0.4, 0.5) is 0 Å². The van der Waals surface area contributed by atoms with E-state index < -0.39 is 12.0 Å². The molecule has 0 spiro atoms. The van der Waals surface area contributed by atoms with Gasteiger partial charge < -0.3 is 21.5 Å². The molecule has 0 aromatic rings. The van der Waals surface area contributed by atoms with Crippen molar-refractivity contribution in [3.8, 4) is 11.8 Å². The minimum Gasteiger partial charge on any atom is -0.480 e. The van der Waals surface area contributed by atoms with E-state index in [1.54, 1.807) is 0 Å². The summed E-state index contributed by atoms with van der Waals surface area (Å²) in [6, 6.07) is -0.888. The third-order valence-electron chi connectivity index (χ3n) is 6.35. The Balaban J connectivity index is 3.49. The maximum absolute atomic E-state index is 12.0. The Morgan fingerprint density at radius 2 is 1.25 bits per heavy atom. The van der Waals surface area contributed by atoms with Crippen molar-refractivity contribution in [3.63, 3.8) is 0 Å². The predicted molar refractivity (Wildman–Crippen MR) is 150 cm³/mol. The second kappa shape index (κ2) is 25.9. The summed E-state index contributed by atoms with van der Waals surface area (Å²) in [5.41, 5.74) is 5.19. The lowest BCUT2D eigenvalue weighted by Gasteiger charge is -2.14. The minimum atomic E-state index is -1.03. The summed E-state index contributed by atoms with van der Waals surface area (Å²) >= 11 is 0. The van der Waals surface area contributed by atoms with Gasteiger partial charge in [-0.15, -0.1) is 11.8 Å². The SMILES string of the molecule is CCCCCCCCCCC#CCCCCCCCCCCC(=O)NC(CCCNC(=N)N)C(=O)O. The second-order valence-electron chi connectivity index (χ2n) is 9.85. The molecule has 0 aromatic heterocycles. The van der Waals surface area contributed by atoms with Gasteiger partial charge in [-0.1, -0.05) is 90.4 Å². The molecular weight excluding hydrogens is 452 g/mol. The maximum Gasteiger partial charge on any atom is 0.326 e. The number of carbonyl (C=O) groups is 2. The van der Waals surface area contributed by atoms with Crippen LogP contribution in [0.2, 0.25) is 0 Å². The molecule has 0 saturated carbocycles. The van der Waals surface area contributed by atoms with E-state index in [1.807, 2.05) is 0 Å². The summed E-state index contributed by atoms with van der Waals surface area (Å²) in [6.45, 7) is 2.68. The molecular formula is C29H54N4O3. The van der Waals surface area contributed by atoms with Crippen molar-refractivity contribution in [2.45, 2.75) is 148 Å². The number of rotatable bonds is 24. The largest absolute Gasteiger partial charge is 0.480 e. The lowest BCUT2D eigenvalue weighted by Crippen LogP contribution is -2.41. The van der Waals surface area contributed by atoms with Gasteiger partial charge in [0.1, 0.15) is 6.04 Å². The van der Waals surface area contributed by atoms with Crippen LogP contribution in [0.15, 0.2) is 0 Å². The minimum absolute atomic E-state index is 0.139. The third kappa shape index (κ3) is 24.9. The number of unbranched alkanes of at least 4 members (excludes halogenated alkanes) is 16. The lowest BCUT2D eigenvalue weighted by atomic mass is 10.1. The zero-order chi connectivity index (χ0) is 26.7. The van der Waals surface area contributed by atoms with Crippen molar-refractivity contribution in [2.75, 3.05) is 6.54 Å². The number of hydrogen-bond acceptors (Lipinski definition) is 3. The van der Waals surface area contributed by atoms with Gasteiger partial charge in [0, 0.05) is 25.8 Å². The highest BCUT2D eigenvalue weighted by atomic mass is 16.4. The van der Waals surface area contributed by atoms with Crippen molar-refractivity contribution in [1.29, 1.82) is 5.41 Å². The fourth-order valence-electron chi connectivity index (χ4n) is 4.14. The zero-order valence-electron chi connectivity index (χ0n) is 23.0. The van der Waals surface area contributed by atoms with E-state index in [1.165, 1.54) is 83.5 Å². The highest BCUT2D eigenvalue weighted by Crippen LogP contribution is 2.11. The number of nitrogens with two attached hydrogens (primary N) is 1. The molecule has 0 fully saturated rings. The van der Waals surface area contributed by atoms with Gasteiger partial charge in [-0.2, -0.15) is 0 Å². The lowest BCUT2D eigenvalue weighted by molar-refractivity contribution is -0.142. The first kappa shape index (κ1) is 33.8. The van der Waals surface area contributed by atoms with Crippen LogP contribution in [0.25, 0.3) is 0 Å². The molecule has 0 aliphatic heterocycles. The van der Waals surface area contributed by atoms with Crippen LogP contribution in [0.3, 0.4) is 0 Å². The molecule has 1 amide bonds. The average molecular weight is 507 g/mol. The van der Waals surface area contributed by atoms with Gasteiger partial charge in [0.25, 0.3) is 0 Å². The van der Waals surface area contributed by atoms with E-state index in [-0.39, 0.29) is 11.9 Å². The van der Waals surface area contributed by atoms with Gasteiger partial charge in [0.2, 0.25) is 5.91 Å². The highest BCUT2D eigenvalue weighted by Gasteiger charge is 2.19. The number of aliphatic carboxylic acids is 1. The first-order chi connectivity index (χ1) is 17.5. The molecule has 0 aromatic carbocycles. The molecule has 7 heteroatoms. The first-order valence-electron chi connectivity index (χ1n) is 14.5. The Labute approximate surface area is 220 Å². The zero-order valence-corrected chi connectivity index (χ0v) is 23.0. The average Bonchev–Trinajstić information content (AvgIpc) is 2.84. The first-order valence-corrected chi connectivity index (χ1v) is 14.5. The normalized spacial score (nSPS) is 11.4. The van der Waals surface area contributed by atoms with E-state index in [0.717, 1.165) is 32.1 Å². The molecule has 208 valence electrons. The smallest absolute Gasteiger partial charge is 0.326 e. The van der Waals surface area contributed by atoms with Crippen molar-refractivity contribution in [1.82, 2.24) is 10.6 Å². The quantitative estimate of drug-likeness (QED) is 0.0457. The molecule has 0 radical (unpaired) electrons. The van der Waals surface area contributed by atoms with Gasteiger partial charge in [0.15, 0.2) is 5.96 Å². The number of hydrogen-bond donors (Lipinski definition) is 5. The van der Waals surface area contributed by atoms with Crippen LogP contribution in [0, 0.1) is 17.3 Å². The van der Waals surface area contributed by atoms with E-state index >= 15 is 0 Å². The Morgan fingerprint density at radius 3 is 1.72 bits per heavy atom. The molecule has 0 heterocycles. The molecule has 0 aliphatic rings. The van der Waals surface area contributed by atoms with Crippen molar-refractivity contribution in [2.24, 2.45) is 5.73 Å². The van der Waals surface area contributed by atoms with Crippen LogP contribution in [-0.4, -0.2) is 35.5 Å². The number of guanidine groups is 1. The van der Waals surface area contributed by atoms with Gasteiger partial charge in [-0.3, -0.25) is 10.2 Å². The summed E-state index contributed by atoms with van der Waals surface area (Å²) in [7, 11) is 0. The number of carboxylic acids is 1. The number of nitrogens with one attached hydrogen (secondary N) is 3. The number of amides is 1. The fraction of sp³-hybridized carbons (Fsp3) is 0.828. The van der Waals surface area contributed by atoms with Crippen LogP contribution >= 0.6 is 0 Å². The third-order valence-corrected chi connectivity index (χ3v) is 6.35. The maximum atomic E-state index is 12.0. The van der Waals surface area contributed by atoms with Crippen LogP contribution in [-0.2, 0) is 9.59 Å². The Hall–Kier alpha value is -2.23. The summed E-state index contributed by atoms with van der Waals surface area (Å²) < 4.78 is 0. The molecule has 1 unspecified atom stereocenters. The molecule has 36 heavy (non-hydrogen) atoms. The van der Waals surface area contributed by atoms with Gasteiger partial charge in [-0.05, 0) is 32.1 Å². The van der Waals surface area contributed by atoms with Crippen LogP contribution < -0.4 is 16.4 Å². The summed E-state index contributed by atoms with van der Waals surface area (Å²) in [6.07, 6.45) is 23.1. The van der Waals surface area contributed by atoms with Gasteiger partial charge >= 0.3 is 5.97 Å². The standard InChI is InChI=1S/C29H54N4O3/c1-2-3-4-5-6-7-8-9-10-11-12-13-14-15-16-17-18-19-20-21-24-27(34)33-26(28(35)36)23-22-25-32-29(30)31/h26H,2-10,13-25H2,1H3,(H,33,34)(H,35,36)(H4,30,31,32). The molecule has 0 rings (SSSR count). The highest BCUT2D eigenvalue weighted by molar-refractivity contribution is 5.83. The predicted octanol–water partition coefficient (Wildman–Crippen LogP) is 6.25. The van der Waals surface area contributed by atoms with Crippen LogP contribution in [0.1, 0.15) is 142 Å². The summed E-state index contributed by atoms with van der Waals surface area (Å²) in [4.78, 5) is 23.3. The van der Waals surface area contributed by atoms with E-state index in [0.29, 0.717) is 25.8 Å². The Bertz CT molecular complexity index is 628. The van der Waals surface area contributed by atoms with E-state index in [4.69, 9.17) is 11.1 Å². The van der Waals surface area contributed by atoms with Gasteiger partial charge in [-0.25, -0.2) is 4.79 Å². The summed E-state index contributed by atoms with van der Waals surface area (Å²) in [5, 5.41) is 21.6. The Kier molecular flexibility index (Phi) is 24.2. The number of carboxylic acid groups (broad SMARTS) is 1. The fourth-order valence-corrected chi connectivity index (χ4v) is 4.14. The Morgan fingerprint density at radius 1 is 0.778 bits per heavy atom. The second-order valence-corrected chi connectivity index (χ2v) is 9.85. The summed E-state index contributed by atoms with van der Waals surface area (Å²) in [5.74, 6) is 5.30. The molecule has 0 aliphatic carbocycles. The monoisotopic (exact) mass is 506 g/mol. The molecule has 6 N–H and O–H groups in total.